The number of aromatic amines is 1. The Labute approximate surface area is 143 Å². The monoisotopic (exact) mass is 363 g/mol. The van der Waals surface area contributed by atoms with E-state index in [2.05, 4.69) is 4.98 Å². The second-order valence-electron chi connectivity index (χ2n) is 5.35. The zero-order valence-electron chi connectivity index (χ0n) is 13.3. The van der Waals surface area contributed by atoms with E-state index in [1.165, 1.54) is 10.8 Å². The lowest BCUT2D eigenvalue weighted by Crippen LogP contribution is -2.33. The molecule has 0 aliphatic carbocycles. The van der Waals surface area contributed by atoms with Crippen LogP contribution in [0.4, 0.5) is 0 Å². The summed E-state index contributed by atoms with van der Waals surface area (Å²) >= 11 is 0. The van der Waals surface area contributed by atoms with Gasteiger partial charge >= 0.3 is 13.9 Å². The highest BCUT2D eigenvalue weighted by Crippen LogP contribution is 2.29. The van der Waals surface area contributed by atoms with Crippen molar-refractivity contribution < 1.29 is 18.3 Å². The zero-order valence-corrected chi connectivity index (χ0v) is 14.2. The average molecular weight is 363 g/mol. The fraction of sp³-hybridized carbons (Fsp3) is 0.250. The minimum absolute atomic E-state index is 0.00607. The standard InChI is InChI=1S/C16H15N2O6P/c1-11-9-18(16(20)17-15(11)19)14-8-7-13(23-14)10-22-25(21)24-12-5-3-2-4-6-12/h2-9,13-14H,10H2,1H3/p+1. The predicted molar refractivity (Wildman–Crippen MR) is 89.7 cm³/mol. The van der Waals surface area contributed by atoms with Gasteiger partial charge in [0, 0.05) is 16.3 Å². The van der Waals surface area contributed by atoms with Gasteiger partial charge in [-0.15, -0.1) is 4.52 Å². The molecule has 1 aromatic carbocycles. The Morgan fingerprint density at radius 3 is 2.76 bits per heavy atom. The van der Waals surface area contributed by atoms with Gasteiger partial charge in [0.2, 0.25) is 0 Å². The molecule has 0 fully saturated rings. The van der Waals surface area contributed by atoms with Gasteiger partial charge in [0.1, 0.15) is 12.7 Å². The molecule has 25 heavy (non-hydrogen) atoms. The number of aromatic nitrogens is 2. The van der Waals surface area contributed by atoms with Gasteiger partial charge in [-0.25, -0.2) is 9.32 Å². The summed E-state index contributed by atoms with van der Waals surface area (Å²) in [6, 6.07) is 8.68. The first-order valence-electron chi connectivity index (χ1n) is 7.52. The third-order valence-electron chi connectivity index (χ3n) is 3.49. The van der Waals surface area contributed by atoms with Crippen molar-refractivity contribution >= 4 is 8.25 Å². The van der Waals surface area contributed by atoms with Crippen LogP contribution < -0.4 is 15.8 Å². The molecule has 2 heterocycles. The van der Waals surface area contributed by atoms with Gasteiger partial charge in [-0.1, -0.05) is 24.3 Å². The quantitative estimate of drug-likeness (QED) is 0.623. The van der Waals surface area contributed by atoms with Crippen LogP contribution in [0.2, 0.25) is 0 Å². The van der Waals surface area contributed by atoms with E-state index in [0.717, 1.165) is 0 Å². The number of ether oxygens (including phenoxy) is 1. The molecule has 3 rings (SSSR count). The van der Waals surface area contributed by atoms with Crippen molar-refractivity contribution in [3.8, 4) is 5.75 Å². The van der Waals surface area contributed by atoms with Crippen molar-refractivity contribution in [3.63, 3.8) is 0 Å². The number of aryl methyl sites for hydroxylation is 1. The van der Waals surface area contributed by atoms with E-state index in [9.17, 15) is 14.2 Å². The van der Waals surface area contributed by atoms with E-state index in [4.69, 9.17) is 13.8 Å². The van der Waals surface area contributed by atoms with E-state index in [-0.39, 0.29) is 6.61 Å². The lowest BCUT2D eigenvalue weighted by Gasteiger charge is -2.14. The molecule has 3 unspecified atom stereocenters. The normalized spacial score (nSPS) is 19.8. The smallest absolute Gasteiger partial charge is 0.344 e. The predicted octanol–water partition coefficient (Wildman–Crippen LogP) is 2.05. The maximum absolute atomic E-state index is 11.9. The van der Waals surface area contributed by atoms with Crippen LogP contribution in [0.3, 0.4) is 0 Å². The number of nitrogens with zero attached hydrogens (tertiary/aromatic N) is 1. The fourth-order valence-corrected chi connectivity index (χ4v) is 2.86. The first-order valence-corrected chi connectivity index (χ1v) is 8.61. The van der Waals surface area contributed by atoms with Gasteiger partial charge in [-0.3, -0.25) is 14.3 Å². The Kier molecular flexibility index (Phi) is 5.23. The summed E-state index contributed by atoms with van der Waals surface area (Å²) in [6.45, 7) is 1.60. The lowest BCUT2D eigenvalue weighted by molar-refractivity contribution is -0.00565. The van der Waals surface area contributed by atoms with Gasteiger partial charge in [-0.2, -0.15) is 0 Å². The summed E-state index contributed by atoms with van der Waals surface area (Å²) < 4.78 is 29.0. The van der Waals surface area contributed by atoms with Gasteiger partial charge in [0.15, 0.2) is 12.0 Å². The van der Waals surface area contributed by atoms with Crippen molar-refractivity contribution in [1.82, 2.24) is 9.55 Å². The summed E-state index contributed by atoms with van der Waals surface area (Å²) in [7, 11) is -2.34. The van der Waals surface area contributed by atoms with Gasteiger partial charge in [0.25, 0.3) is 5.56 Å². The number of rotatable bonds is 6. The molecule has 0 saturated carbocycles. The summed E-state index contributed by atoms with van der Waals surface area (Å²) in [6.07, 6.45) is 3.65. The molecule has 130 valence electrons. The van der Waals surface area contributed by atoms with E-state index >= 15 is 0 Å². The second-order valence-corrected chi connectivity index (χ2v) is 6.24. The first-order chi connectivity index (χ1) is 12.0. The van der Waals surface area contributed by atoms with Crippen molar-refractivity contribution in [2.24, 2.45) is 0 Å². The van der Waals surface area contributed by atoms with Crippen LogP contribution in [0, 0.1) is 6.92 Å². The van der Waals surface area contributed by atoms with E-state index in [0.29, 0.717) is 11.3 Å². The molecular weight excluding hydrogens is 347 g/mol. The Hall–Kier alpha value is -2.54. The molecule has 1 aliphatic rings. The number of nitrogens with one attached hydrogen (secondary N) is 1. The Balaban J connectivity index is 1.55. The zero-order chi connectivity index (χ0) is 17.8. The number of para-hydroxylation sites is 1. The third-order valence-corrected chi connectivity index (χ3v) is 4.21. The molecule has 0 radical (unpaired) electrons. The molecule has 0 spiro atoms. The summed E-state index contributed by atoms with van der Waals surface area (Å²) in [5, 5.41) is 0. The van der Waals surface area contributed by atoms with E-state index < -0.39 is 31.8 Å². The molecule has 0 amide bonds. The summed E-state index contributed by atoms with van der Waals surface area (Å²) in [5.74, 6) is 0.444. The van der Waals surface area contributed by atoms with Crippen molar-refractivity contribution in [2.75, 3.05) is 6.61 Å². The Bertz CT molecular complexity index is 905. The largest absolute Gasteiger partial charge is 0.750 e. The average Bonchev–Trinajstić information content (AvgIpc) is 3.06. The maximum Gasteiger partial charge on any atom is 0.750 e. The van der Waals surface area contributed by atoms with Crippen molar-refractivity contribution in [3.05, 3.63) is 75.1 Å². The van der Waals surface area contributed by atoms with E-state index in [1.54, 1.807) is 43.3 Å². The molecule has 0 bridgehead atoms. The molecule has 0 saturated heterocycles. The van der Waals surface area contributed by atoms with Crippen LogP contribution in [-0.4, -0.2) is 22.3 Å². The minimum atomic E-state index is -2.34. The molecule has 9 heteroatoms. The van der Waals surface area contributed by atoms with Crippen LogP contribution in [-0.2, 0) is 13.8 Å². The highest BCUT2D eigenvalue weighted by atomic mass is 31.1. The first kappa shape index (κ1) is 17.3. The molecule has 1 N–H and O–H groups in total. The Morgan fingerprint density at radius 2 is 2.00 bits per heavy atom. The van der Waals surface area contributed by atoms with Gasteiger partial charge in [-0.05, 0) is 25.1 Å². The number of hydrogen-bond acceptors (Lipinski definition) is 6. The highest BCUT2D eigenvalue weighted by Gasteiger charge is 2.28. The van der Waals surface area contributed by atoms with Gasteiger partial charge < -0.3 is 4.74 Å². The highest BCUT2D eigenvalue weighted by molar-refractivity contribution is 7.33. The lowest BCUT2D eigenvalue weighted by atomic mass is 10.3. The topological polar surface area (TPSA) is 99.6 Å². The fourth-order valence-electron chi connectivity index (χ4n) is 2.25. The van der Waals surface area contributed by atoms with Crippen LogP contribution in [0.25, 0.3) is 0 Å². The van der Waals surface area contributed by atoms with Crippen LogP contribution >= 0.6 is 8.25 Å². The van der Waals surface area contributed by atoms with Crippen LogP contribution in [0.15, 0.2) is 58.3 Å². The number of hydrogen-bond donors (Lipinski definition) is 1. The van der Waals surface area contributed by atoms with Crippen LogP contribution in [0.1, 0.15) is 11.8 Å². The summed E-state index contributed by atoms with van der Waals surface area (Å²) in [5.41, 5.74) is -0.598. The molecule has 8 nitrogen and oxygen atoms in total. The molecule has 3 atom stereocenters. The summed E-state index contributed by atoms with van der Waals surface area (Å²) in [4.78, 5) is 25.5. The molecule has 1 aliphatic heterocycles. The van der Waals surface area contributed by atoms with E-state index in [1.807, 2.05) is 6.07 Å². The molecular formula is C16H16N2O6P+. The molecule has 2 aromatic rings. The van der Waals surface area contributed by atoms with Gasteiger partial charge in [0.05, 0.1) is 0 Å². The molecule has 1 aromatic heterocycles. The SMILES string of the molecule is Cc1cn(C2C=CC(CO[P+](=O)Oc3ccccc3)O2)c(=O)[nH]c1=O. The second kappa shape index (κ2) is 7.57. The number of benzene rings is 1. The van der Waals surface area contributed by atoms with Crippen molar-refractivity contribution in [1.29, 1.82) is 0 Å². The number of H-pyrrole nitrogens is 1. The third kappa shape index (κ3) is 4.30. The minimum Gasteiger partial charge on any atom is -0.344 e. The van der Waals surface area contributed by atoms with Crippen LogP contribution in [0.5, 0.6) is 5.75 Å². The van der Waals surface area contributed by atoms with Crippen molar-refractivity contribution in [2.45, 2.75) is 19.3 Å². The Morgan fingerprint density at radius 1 is 1.24 bits per heavy atom. The maximum atomic E-state index is 11.9.